The van der Waals surface area contributed by atoms with E-state index in [2.05, 4.69) is 26.2 Å². The third-order valence-electron chi connectivity index (χ3n) is 2.05. The van der Waals surface area contributed by atoms with Gasteiger partial charge >= 0.3 is 0 Å². The van der Waals surface area contributed by atoms with Crippen molar-refractivity contribution in [2.24, 2.45) is 5.73 Å². The lowest BCUT2D eigenvalue weighted by atomic mass is 10.1. The molecule has 0 aromatic carbocycles. The summed E-state index contributed by atoms with van der Waals surface area (Å²) in [5, 5.41) is 2.64. The minimum Gasteiger partial charge on any atom is -0.475 e. The molecule has 2 heterocycles. The molecule has 1 aliphatic rings. The molecule has 0 fully saturated rings. The van der Waals surface area contributed by atoms with Crippen molar-refractivity contribution in [3.8, 4) is 5.75 Å². The van der Waals surface area contributed by atoms with Gasteiger partial charge in [0.2, 0.25) is 0 Å². The average molecular weight is 272 g/mol. The van der Waals surface area contributed by atoms with Gasteiger partial charge in [0.05, 0.1) is 0 Å². The van der Waals surface area contributed by atoms with Crippen LogP contribution in [-0.2, 0) is 4.79 Å². The molecule has 2 unspecified atom stereocenters. The van der Waals surface area contributed by atoms with Crippen molar-refractivity contribution in [1.29, 1.82) is 0 Å². The minimum atomic E-state index is -0.659. The molecule has 2 rings (SSSR count). The number of nitrogens with one attached hydrogen (secondary N) is 1. The van der Waals surface area contributed by atoms with E-state index >= 15 is 0 Å². The van der Waals surface area contributed by atoms with Crippen molar-refractivity contribution in [1.82, 2.24) is 4.98 Å². The third-order valence-corrected chi connectivity index (χ3v) is 2.48. The molecule has 0 bridgehead atoms. The summed E-state index contributed by atoms with van der Waals surface area (Å²) >= 11 is 3.28. The van der Waals surface area contributed by atoms with E-state index in [-0.39, 0.29) is 11.9 Å². The summed E-state index contributed by atoms with van der Waals surface area (Å²) in [6.07, 6.45) is 0.933. The third kappa shape index (κ3) is 1.95. The number of pyridine rings is 1. The number of hydrogen-bond donors (Lipinski definition) is 2. The van der Waals surface area contributed by atoms with E-state index in [0.717, 1.165) is 4.47 Å². The quantitative estimate of drug-likeness (QED) is 0.796. The monoisotopic (exact) mass is 271 g/mol. The van der Waals surface area contributed by atoms with Crippen molar-refractivity contribution in [2.45, 2.75) is 19.1 Å². The number of carbonyl (C=O) groups is 1. The van der Waals surface area contributed by atoms with Crippen LogP contribution in [0.2, 0.25) is 0 Å². The van der Waals surface area contributed by atoms with Gasteiger partial charge in [-0.05, 0) is 28.9 Å². The molecule has 3 N–H and O–H groups in total. The highest BCUT2D eigenvalue weighted by atomic mass is 79.9. The Morgan fingerprint density at radius 3 is 3.13 bits per heavy atom. The first-order chi connectivity index (χ1) is 7.08. The Morgan fingerprint density at radius 1 is 1.73 bits per heavy atom. The SMILES string of the molecule is CC(N)C1Oc2cc(Br)cnc2NC1=O. The number of halogens is 1. The number of nitrogens with two attached hydrogens (primary N) is 1. The summed E-state index contributed by atoms with van der Waals surface area (Å²) in [7, 11) is 0. The molecule has 0 radical (unpaired) electrons. The number of rotatable bonds is 1. The van der Waals surface area contributed by atoms with Gasteiger partial charge in [-0.1, -0.05) is 0 Å². The molecule has 1 aromatic heterocycles. The van der Waals surface area contributed by atoms with Gasteiger partial charge in [-0.2, -0.15) is 0 Å². The van der Waals surface area contributed by atoms with Crippen LogP contribution >= 0.6 is 15.9 Å². The van der Waals surface area contributed by atoms with Crippen LogP contribution in [-0.4, -0.2) is 23.0 Å². The lowest BCUT2D eigenvalue weighted by Gasteiger charge is -2.27. The lowest BCUT2D eigenvalue weighted by Crippen LogP contribution is -2.48. The van der Waals surface area contributed by atoms with E-state index in [1.54, 1.807) is 19.2 Å². The average Bonchev–Trinajstić information content (AvgIpc) is 2.17. The molecule has 1 aliphatic heterocycles. The van der Waals surface area contributed by atoms with E-state index in [1.165, 1.54) is 0 Å². The van der Waals surface area contributed by atoms with Gasteiger partial charge in [0.25, 0.3) is 5.91 Å². The fourth-order valence-electron chi connectivity index (χ4n) is 1.33. The van der Waals surface area contributed by atoms with Crippen molar-refractivity contribution in [2.75, 3.05) is 5.32 Å². The van der Waals surface area contributed by atoms with Crippen LogP contribution in [0.3, 0.4) is 0 Å². The molecule has 0 spiro atoms. The first kappa shape index (κ1) is 10.4. The maximum absolute atomic E-state index is 11.5. The van der Waals surface area contributed by atoms with Gasteiger partial charge < -0.3 is 15.8 Å². The van der Waals surface area contributed by atoms with Crippen LogP contribution in [0.1, 0.15) is 6.92 Å². The number of ether oxygens (including phenoxy) is 1. The maximum atomic E-state index is 11.5. The number of amides is 1. The van der Waals surface area contributed by atoms with Gasteiger partial charge in [0.1, 0.15) is 0 Å². The van der Waals surface area contributed by atoms with E-state index in [1.807, 2.05) is 0 Å². The Labute approximate surface area is 95.1 Å². The van der Waals surface area contributed by atoms with E-state index < -0.39 is 6.10 Å². The summed E-state index contributed by atoms with van der Waals surface area (Å²) in [4.78, 5) is 15.5. The number of hydrogen-bond acceptors (Lipinski definition) is 4. The van der Waals surface area contributed by atoms with Gasteiger partial charge in [-0.3, -0.25) is 4.79 Å². The second-order valence-corrected chi connectivity index (χ2v) is 4.30. The van der Waals surface area contributed by atoms with Crippen LogP contribution in [0.25, 0.3) is 0 Å². The molecule has 0 aliphatic carbocycles. The first-order valence-corrected chi connectivity index (χ1v) is 5.26. The zero-order chi connectivity index (χ0) is 11.0. The fourth-order valence-corrected chi connectivity index (χ4v) is 1.64. The highest BCUT2D eigenvalue weighted by Gasteiger charge is 2.31. The summed E-state index contributed by atoms with van der Waals surface area (Å²) < 4.78 is 6.25. The summed E-state index contributed by atoms with van der Waals surface area (Å²) in [6.45, 7) is 1.72. The number of aromatic nitrogens is 1. The summed E-state index contributed by atoms with van der Waals surface area (Å²) in [6, 6.07) is 1.38. The maximum Gasteiger partial charge on any atom is 0.268 e. The minimum absolute atomic E-state index is 0.257. The van der Waals surface area contributed by atoms with Gasteiger partial charge in [-0.15, -0.1) is 0 Å². The molecular weight excluding hydrogens is 262 g/mol. The highest BCUT2D eigenvalue weighted by molar-refractivity contribution is 9.10. The molecule has 1 amide bonds. The zero-order valence-electron chi connectivity index (χ0n) is 8.03. The van der Waals surface area contributed by atoms with Crippen molar-refractivity contribution in [3.05, 3.63) is 16.7 Å². The summed E-state index contributed by atoms with van der Waals surface area (Å²) in [5.41, 5.74) is 5.63. The number of anilines is 1. The van der Waals surface area contributed by atoms with Crippen molar-refractivity contribution in [3.63, 3.8) is 0 Å². The Balaban J connectivity index is 2.34. The number of fused-ring (bicyclic) bond motifs is 1. The molecular formula is C9H10BrN3O2. The van der Waals surface area contributed by atoms with Crippen LogP contribution in [0.4, 0.5) is 5.82 Å². The molecule has 15 heavy (non-hydrogen) atoms. The van der Waals surface area contributed by atoms with E-state index in [0.29, 0.717) is 11.6 Å². The Kier molecular flexibility index (Phi) is 2.62. The highest BCUT2D eigenvalue weighted by Crippen LogP contribution is 2.30. The largest absolute Gasteiger partial charge is 0.475 e. The standard InChI is InChI=1S/C9H10BrN3O2/c1-4(11)7-9(14)13-8-6(15-7)2-5(10)3-12-8/h2-4,7H,11H2,1H3,(H,12,13,14). The Morgan fingerprint density at radius 2 is 2.47 bits per heavy atom. The van der Waals surface area contributed by atoms with E-state index in [9.17, 15) is 4.79 Å². The molecule has 0 saturated heterocycles. The van der Waals surface area contributed by atoms with Gasteiger partial charge in [0.15, 0.2) is 17.7 Å². The predicted octanol–water partition coefficient (Wildman–Crippen LogP) is 0.891. The first-order valence-electron chi connectivity index (χ1n) is 4.46. The normalized spacial score (nSPS) is 21.3. The van der Waals surface area contributed by atoms with Crippen LogP contribution < -0.4 is 15.8 Å². The van der Waals surface area contributed by atoms with Crippen molar-refractivity contribution < 1.29 is 9.53 Å². The molecule has 80 valence electrons. The van der Waals surface area contributed by atoms with Crippen molar-refractivity contribution >= 4 is 27.7 Å². The van der Waals surface area contributed by atoms with E-state index in [4.69, 9.17) is 10.5 Å². The second kappa shape index (κ2) is 3.79. The van der Waals surface area contributed by atoms with Crippen LogP contribution in [0.15, 0.2) is 16.7 Å². The fraction of sp³-hybridized carbons (Fsp3) is 0.333. The molecule has 0 saturated carbocycles. The Hall–Kier alpha value is -1.14. The van der Waals surface area contributed by atoms with Gasteiger partial charge in [-0.25, -0.2) is 4.98 Å². The topological polar surface area (TPSA) is 77.2 Å². The van der Waals surface area contributed by atoms with Crippen LogP contribution in [0, 0.1) is 0 Å². The van der Waals surface area contributed by atoms with Gasteiger partial charge in [0, 0.05) is 16.7 Å². The molecule has 6 heteroatoms. The second-order valence-electron chi connectivity index (χ2n) is 3.39. The predicted molar refractivity (Wildman–Crippen MR) is 58.6 cm³/mol. The van der Waals surface area contributed by atoms with Crippen LogP contribution in [0.5, 0.6) is 5.75 Å². The molecule has 1 aromatic rings. The molecule has 2 atom stereocenters. The zero-order valence-corrected chi connectivity index (χ0v) is 9.61. The number of nitrogens with zero attached hydrogens (tertiary/aromatic N) is 1. The lowest BCUT2D eigenvalue weighted by molar-refractivity contribution is -0.124. The molecule has 5 nitrogen and oxygen atoms in total. The Bertz CT molecular complexity index is 408. The smallest absolute Gasteiger partial charge is 0.268 e. The number of carbonyl (C=O) groups excluding carboxylic acids is 1. The summed E-state index contributed by atoms with van der Waals surface area (Å²) in [5.74, 6) is 0.707.